The Morgan fingerprint density at radius 3 is 2.00 bits per heavy atom. The molecule has 0 aromatic heterocycles. The molecular weight excluding hydrogens is 410 g/mol. The van der Waals surface area contributed by atoms with Crippen LogP contribution in [0.25, 0.3) is 12.2 Å². The maximum absolute atomic E-state index is 12.5. The van der Waals surface area contributed by atoms with Crippen LogP contribution in [0.15, 0.2) is 60.3 Å². The van der Waals surface area contributed by atoms with Crippen LogP contribution in [0.3, 0.4) is 0 Å². The fourth-order valence-corrected chi connectivity index (χ4v) is 2.77. The lowest BCUT2D eigenvalue weighted by molar-refractivity contribution is -0.110. The lowest BCUT2D eigenvalue weighted by atomic mass is 10.1. The number of nitrogens with one attached hydrogen (secondary N) is 1. The summed E-state index contributed by atoms with van der Waals surface area (Å²) in [5.74, 6) is 0.592. The second kappa shape index (κ2) is 12.9. The summed E-state index contributed by atoms with van der Waals surface area (Å²) in [5, 5.41) is 22.6. The molecule has 7 heteroatoms. The Labute approximate surface area is 188 Å². The molecule has 0 heterocycles. The number of phenolic OH excluding ortho intramolecular Hbond substituents is 2. The van der Waals surface area contributed by atoms with Crippen LogP contribution in [0.5, 0.6) is 23.0 Å². The number of allylic oxidation sites excluding steroid dienone is 3. The molecule has 2 rings (SSSR count). The maximum atomic E-state index is 12.5. The molecule has 0 aliphatic rings. The van der Waals surface area contributed by atoms with Gasteiger partial charge in [0.1, 0.15) is 0 Å². The standard InChI is InChI=1S/C25H29NO6/c1-30-14-4-13-26-20(9-5-18-7-11-22(28)24(15-18)31-2)17-21(27)10-6-19-8-12-23(29)25(16-19)32-3/h5-12,15-17,26,28-29H,4,13-14H2,1-3H3/b9-5+,10-6+,20-17-. The van der Waals surface area contributed by atoms with Crippen molar-refractivity contribution in [3.05, 3.63) is 71.5 Å². The van der Waals surface area contributed by atoms with Crippen molar-refractivity contribution in [2.75, 3.05) is 34.5 Å². The summed E-state index contributed by atoms with van der Waals surface area (Å²) in [5.41, 5.74) is 2.16. The van der Waals surface area contributed by atoms with Crippen LogP contribution in [-0.2, 0) is 9.53 Å². The van der Waals surface area contributed by atoms with Gasteiger partial charge in [-0.3, -0.25) is 4.79 Å². The lowest BCUT2D eigenvalue weighted by Gasteiger charge is -2.07. The molecule has 0 unspecified atom stereocenters. The lowest BCUT2D eigenvalue weighted by Crippen LogP contribution is -2.16. The number of phenols is 2. The fraction of sp³-hybridized carbons (Fsp3) is 0.240. The fourth-order valence-electron chi connectivity index (χ4n) is 2.77. The summed E-state index contributed by atoms with van der Waals surface area (Å²) in [6.07, 6.45) is 8.98. The highest BCUT2D eigenvalue weighted by Gasteiger charge is 2.03. The van der Waals surface area contributed by atoms with Gasteiger partial charge in [-0.25, -0.2) is 0 Å². The Morgan fingerprint density at radius 1 is 0.906 bits per heavy atom. The number of aromatic hydroxyl groups is 2. The summed E-state index contributed by atoms with van der Waals surface area (Å²) in [6.45, 7) is 1.24. The summed E-state index contributed by atoms with van der Waals surface area (Å²) < 4.78 is 15.3. The smallest absolute Gasteiger partial charge is 0.180 e. The van der Waals surface area contributed by atoms with E-state index in [4.69, 9.17) is 14.2 Å². The Balaban J connectivity index is 2.17. The summed E-state index contributed by atoms with van der Waals surface area (Å²) in [7, 11) is 4.59. The van der Waals surface area contributed by atoms with Crippen molar-refractivity contribution >= 4 is 17.9 Å². The number of carbonyl (C=O) groups is 1. The SMILES string of the molecule is COCCCNC(=C\C(=O)/C=C/c1ccc(O)c(OC)c1)/C=C/c1ccc(O)c(OC)c1. The van der Waals surface area contributed by atoms with Crippen molar-refractivity contribution in [1.82, 2.24) is 5.32 Å². The van der Waals surface area contributed by atoms with E-state index in [0.717, 1.165) is 17.5 Å². The number of ether oxygens (including phenoxy) is 3. The number of benzene rings is 2. The molecule has 0 amide bonds. The van der Waals surface area contributed by atoms with Crippen LogP contribution >= 0.6 is 0 Å². The highest BCUT2D eigenvalue weighted by Crippen LogP contribution is 2.27. The van der Waals surface area contributed by atoms with Gasteiger partial charge in [0.15, 0.2) is 28.8 Å². The van der Waals surface area contributed by atoms with Gasteiger partial charge in [-0.1, -0.05) is 24.3 Å². The quantitative estimate of drug-likeness (QED) is 0.262. The van der Waals surface area contributed by atoms with Gasteiger partial charge >= 0.3 is 0 Å². The first-order valence-corrected chi connectivity index (χ1v) is 10.1. The third kappa shape index (κ3) is 7.85. The summed E-state index contributed by atoms with van der Waals surface area (Å²) in [4.78, 5) is 12.5. The van der Waals surface area contributed by atoms with Gasteiger partial charge in [0, 0.05) is 32.0 Å². The molecule has 2 aromatic rings. The minimum Gasteiger partial charge on any atom is -0.504 e. The number of ketones is 1. The largest absolute Gasteiger partial charge is 0.504 e. The first-order chi connectivity index (χ1) is 15.5. The molecule has 3 N–H and O–H groups in total. The third-order valence-corrected chi connectivity index (χ3v) is 4.46. The number of hydrogen-bond acceptors (Lipinski definition) is 7. The number of hydrogen-bond donors (Lipinski definition) is 3. The van der Waals surface area contributed by atoms with Gasteiger partial charge in [0.25, 0.3) is 0 Å². The van der Waals surface area contributed by atoms with E-state index in [1.165, 1.54) is 32.4 Å². The predicted octanol–water partition coefficient (Wildman–Crippen LogP) is 3.92. The van der Waals surface area contributed by atoms with E-state index in [1.807, 2.05) is 6.08 Å². The zero-order valence-corrected chi connectivity index (χ0v) is 18.5. The van der Waals surface area contributed by atoms with E-state index in [-0.39, 0.29) is 17.3 Å². The highest BCUT2D eigenvalue weighted by molar-refractivity contribution is 6.02. The third-order valence-electron chi connectivity index (χ3n) is 4.46. The number of methoxy groups -OCH3 is 3. The van der Waals surface area contributed by atoms with Gasteiger partial charge in [0.2, 0.25) is 0 Å². The Kier molecular flexibility index (Phi) is 9.87. The van der Waals surface area contributed by atoms with Crippen molar-refractivity contribution in [3.63, 3.8) is 0 Å². The number of rotatable bonds is 12. The van der Waals surface area contributed by atoms with Crippen molar-refractivity contribution in [3.8, 4) is 23.0 Å². The number of carbonyl (C=O) groups excluding carboxylic acids is 1. The molecule has 0 aliphatic carbocycles. The van der Waals surface area contributed by atoms with Gasteiger partial charge in [0.05, 0.1) is 14.2 Å². The van der Waals surface area contributed by atoms with Crippen molar-refractivity contribution in [2.45, 2.75) is 6.42 Å². The van der Waals surface area contributed by atoms with Crippen LogP contribution in [0, 0.1) is 0 Å². The van der Waals surface area contributed by atoms with Gasteiger partial charge in [-0.05, 0) is 54.0 Å². The molecule has 0 aliphatic heterocycles. The zero-order chi connectivity index (χ0) is 23.3. The minimum absolute atomic E-state index is 0.0365. The van der Waals surface area contributed by atoms with Crippen LogP contribution < -0.4 is 14.8 Å². The maximum Gasteiger partial charge on any atom is 0.180 e. The van der Waals surface area contributed by atoms with E-state index < -0.39 is 0 Å². The Morgan fingerprint density at radius 2 is 1.47 bits per heavy atom. The van der Waals surface area contributed by atoms with Crippen LogP contribution in [0.4, 0.5) is 0 Å². The van der Waals surface area contributed by atoms with Gasteiger partial charge < -0.3 is 29.7 Å². The van der Waals surface area contributed by atoms with E-state index in [0.29, 0.717) is 30.3 Å². The van der Waals surface area contributed by atoms with Crippen LogP contribution in [-0.4, -0.2) is 50.5 Å². The highest BCUT2D eigenvalue weighted by atomic mass is 16.5. The van der Waals surface area contributed by atoms with E-state index >= 15 is 0 Å². The van der Waals surface area contributed by atoms with Gasteiger partial charge in [-0.15, -0.1) is 0 Å². The van der Waals surface area contributed by atoms with Crippen molar-refractivity contribution in [1.29, 1.82) is 0 Å². The van der Waals surface area contributed by atoms with E-state index in [1.54, 1.807) is 49.6 Å². The normalized spacial score (nSPS) is 11.8. The molecule has 0 atom stereocenters. The van der Waals surface area contributed by atoms with Crippen LogP contribution in [0.2, 0.25) is 0 Å². The average molecular weight is 440 g/mol. The minimum atomic E-state index is -0.209. The van der Waals surface area contributed by atoms with E-state index in [2.05, 4.69) is 5.32 Å². The van der Waals surface area contributed by atoms with Crippen molar-refractivity contribution in [2.24, 2.45) is 0 Å². The van der Waals surface area contributed by atoms with E-state index in [9.17, 15) is 15.0 Å². The molecule has 0 saturated heterocycles. The Bertz CT molecular complexity index is 994. The first-order valence-electron chi connectivity index (χ1n) is 10.1. The molecule has 32 heavy (non-hydrogen) atoms. The molecular formula is C25H29NO6. The molecule has 0 spiro atoms. The second-order valence-electron chi connectivity index (χ2n) is 6.80. The topological polar surface area (TPSA) is 97.3 Å². The molecule has 0 fully saturated rings. The first kappa shape index (κ1) is 24.6. The molecule has 170 valence electrons. The second-order valence-corrected chi connectivity index (χ2v) is 6.80. The summed E-state index contributed by atoms with van der Waals surface area (Å²) in [6, 6.07) is 9.84. The molecule has 2 aromatic carbocycles. The monoisotopic (exact) mass is 439 g/mol. The molecule has 0 bridgehead atoms. The molecule has 0 saturated carbocycles. The Hall–Kier alpha value is -3.71. The van der Waals surface area contributed by atoms with Crippen molar-refractivity contribution < 1.29 is 29.2 Å². The predicted molar refractivity (Wildman–Crippen MR) is 125 cm³/mol. The zero-order valence-electron chi connectivity index (χ0n) is 18.5. The summed E-state index contributed by atoms with van der Waals surface area (Å²) >= 11 is 0. The van der Waals surface area contributed by atoms with Gasteiger partial charge in [-0.2, -0.15) is 0 Å². The average Bonchev–Trinajstić information content (AvgIpc) is 2.80. The molecule has 0 radical (unpaired) electrons. The molecule has 7 nitrogen and oxygen atoms in total. The van der Waals surface area contributed by atoms with Crippen LogP contribution in [0.1, 0.15) is 17.5 Å².